The zero-order valence-electron chi connectivity index (χ0n) is 16.4. The lowest BCUT2D eigenvalue weighted by atomic mass is 10.00. The zero-order chi connectivity index (χ0) is 18.7. The van der Waals surface area contributed by atoms with E-state index in [1.54, 1.807) is 0 Å². The molecule has 0 spiro atoms. The Balaban J connectivity index is 1.73. The summed E-state index contributed by atoms with van der Waals surface area (Å²) in [5.74, 6) is 6.87. The highest BCUT2D eigenvalue weighted by molar-refractivity contribution is 5.92. The second kappa shape index (κ2) is 10.5. The normalized spacial score (nSPS) is 10.6. The van der Waals surface area contributed by atoms with Gasteiger partial charge in [0, 0.05) is 29.0 Å². The van der Waals surface area contributed by atoms with Crippen molar-refractivity contribution in [2.75, 3.05) is 0 Å². The van der Waals surface area contributed by atoms with Gasteiger partial charge in [-0.25, -0.2) is 0 Å². The highest BCUT2D eigenvalue weighted by Crippen LogP contribution is 2.27. The van der Waals surface area contributed by atoms with E-state index in [2.05, 4.69) is 67.3 Å². The minimum Gasteiger partial charge on any atom is -0.254 e. The summed E-state index contributed by atoms with van der Waals surface area (Å²) < 4.78 is 0. The second-order valence-electron chi connectivity index (χ2n) is 7.11. The van der Waals surface area contributed by atoms with Crippen LogP contribution < -0.4 is 0 Å². The van der Waals surface area contributed by atoms with Crippen molar-refractivity contribution in [3.05, 3.63) is 66.4 Å². The fourth-order valence-corrected chi connectivity index (χ4v) is 3.43. The van der Waals surface area contributed by atoms with Crippen LogP contribution in [0.2, 0.25) is 0 Å². The van der Waals surface area contributed by atoms with Gasteiger partial charge in [0.15, 0.2) is 0 Å². The third kappa shape index (κ3) is 5.44. The molecule has 0 saturated heterocycles. The van der Waals surface area contributed by atoms with E-state index in [-0.39, 0.29) is 0 Å². The van der Waals surface area contributed by atoms with Crippen LogP contribution in [0.4, 0.5) is 0 Å². The highest BCUT2D eigenvalue weighted by atomic mass is 14.7. The molecule has 2 aromatic carbocycles. The highest BCUT2D eigenvalue weighted by Gasteiger charge is 2.09. The van der Waals surface area contributed by atoms with Crippen LogP contribution >= 0.6 is 0 Å². The summed E-state index contributed by atoms with van der Waals surface area (Å²) in [6.07, 6.45) is 12.2. The van der Waals surface area contributed by atoms with E-state index >= 15 is 0 Å². The molecule has 0 fully saturated rings. The Bertz CT molecular complexity index is 900. The lowest BCUT2D eigenvalue weighted by molar-refractivity contribution is 0.594. The molecule has 0 radical (unpaired) electrons. The first kappa shape index (κ1) is 19.2. The van der Waals surface area contributed by atoms with Crippen molar-refractivity contribution in [3.8, 4) is 23.1 Å². The average Bonchev–Trinajstić information content (AvgIpc) is 2.73. The first-order valence-corrected chi connectivity index (χ1v) is 10.3. The Morgan fingerprint density at radius 3 is 2.30 bits per heavy atom. The van der Waals surface area contributed by atoms with Crippen LogP contribution in [0.5, 0.6) is 0 Å². The van der Waals surface area contributed by atoms with Crippen molar-refractivity contribution >= 4 is 10.8 Å². The van der Waals surface area contributed by atoms with Crippen LogP contribution in [0.15, 0.2) is 60.8 Å². The Morgan fingerprint density at radius 1 is 0.778 bits per heavy atom. The summed E-state index contributed by atoms with van der Waals surface area (Å²) in [5.41, 5.74) is 3.17. The minimum atomic E-state index is 0.964. The SMILES string of the molecule is CCCCCCCCCC#Cc1c(-c2ccccc2)ncc2ccccc12. The van der Waals surface area contributed by atoms with Crippen molar-refractivity contribution in [1.82, 2.24) is 4.98 Å². The number of nitrogens with zero attached hydrogens (tertiary/aromatic N) is 1. The summed E-state index contributed by atoms with van der Waals surface area (Å²) in [6.45, 7) is 2.27. The molecule has 0 amide bonds. The zero-order valence-corrected chi connectivity index (χ0v) is 16.4. The topological polar surface area (TPSA) is 12.9 Å². The van der Waals surface area contributed by atoms with E-state index in [0.29, 0.717) is 0 Å². The van der Waals surface area contributed by atoms with Gasteiger partial charge in [-0.05, 0) is 6.42 Å². The quantitative estimate of drug-likeness (QED) is 0.303. The molecule has 0 aliphatic rings. The van der Waals surface area contributed by atoms with E-state index < -0.39 is 0 Å². The summed E-state index contributed by atoms with van der Waals surface area (Å²) in [7, 11) is 0. The van der Waals surface area contributed by atoms with E-state index in [0.717, 1.165) is 28.6 Å². The summed E-state index contributed by atoms with van der Waals surface area (Å²) in [4.78, 5) is 4.73. The molecule has 0 saturated carbocycles. The molecular formula is C26H29N. The van der Waals surface area contributed by atoms with Gasteiger partial charge in [0.2, 0.25) is 0 Å². The molecule has 27 heavy (non-hydrogen) atoms. The van der Waals surface area contributed by atoms with Crippen molar-refractivity contribution in [2.24, 2.45) is 0 Å². The number of aromatic nitrogens is 1. The summed E-state index contributed by atoms with van der Waals surface area (Å²) in [6, 6.07) is 18.8. The maximum Gasteiger partial charge on any atom is 0.0864 e. The summed E-state index contributed by atoms with van der Waals surface area (Å²) >= 11 is 0. The van der Waals surface area contributed by atoms with Crippen LogP contribution in [-0.4, -0.2) is 4.98 Å². The molecule has 0 atom stereocenters. The fourth-order valence-electron chi connectivity index (χ4n) is 3.43. The van der Waals surface area contributed by atoms with E-state index in [1.807, 2.05) is 12.3 Å². The van der Waals surface area contributed by atoms with Gasteiger partial charge in [-0.2, -0.15) is 0 Å². The van der Waals surface area contributed by atoms with E-state index in [1.165, 1.54) is 50.3 Å². The molecule has 0 aliphatic heterocycles. The van der Waals surface area contributed by atoms with Gasteiger partial charge >= 0.3 is 0 Å². The Kier molecular flexibility index (Phi) is 7.48. The molecule has 3 rings (SSSR count). The van der Waals surface area contributed by atoms with Gasteiger partial charge in [0.25, 0.3) is 0 Å². The molecule has 1 aromatic heterocycles. The van der Waals surface area contributed by atoms with Crippen molar-refractivity contribution in [1.29, 1.82) is 0 Å². The molecule has 138 valence electrons. The molecule has 1 nitrogen and oxygen atoms in total. The lowest BCUT2D eigenvalue weighted by Gasteiger charge is -2.08. The predicted octanol–water partition coefficient (Wildman–Crippen LogP) is 7.39. The first-order chi connectivity index (χ1) is 13.4. The number of benzene rings is 2. The fraction of sp³-hybridized carbons (Fsp3) is 0.346. The van der Waals surface area contributed by atoms with Crippen molar-refractivity contribution < 1.29 is 0 Å². The van der Waals surface area contributed by atoms with Gasteiger partial charge in [-0.15, -0.1) is 0 Å². The second-order valence-corrected chi connectivity index (χ2v) is 7.11. The van der Waals surface area contributed by atoms with Gasteiger partial charge in [0.05, 0.1) is 11.3 Å². The molecule has 0 N–H and O–H groups in total. The molecular weight excluding hydrogens is 326 g/mol. The van der Waals surface area contributed by atoms with Gasteiger partial charge in [0.1, 0.15) is 0 Å². The van der Waals surface area contributed by atoms with Crippen molar-refractivity contribution in [2.45, 2.75) is 58.3 Å². The number of pyridine rings is 1. The van der Waals surface area contributed by atoms with E-state index in [9.17, 15) is 0 Å². The standard InChI is InChI=1S/C26H29N/c1-2-3-4-5-6-7-8-9-13-20-25-24-19-15-14-18-23(24)21-27-26(25)22-16-11-10-12-17-22/h10-12,14-19,21H,2-9H2,1H3. The predicted molar refractivity (Wildman–Crippen MR) is 117 cm³/mol. The largest absolute Gasteiger partial charge is 0.254 e. The number of unbranched alkanes of at least 4 members (excludes halogenated alkanes) is 7. The number of fused-ring (bicyclic) bond motifs is 1. The van der Waals surface area contributed by atoms with Gasteiger partial charge < -0.3 is 0 Å². The number of hydrogen-bond donors (Lipinski definition) is 0. The summed E-state index contributed by atoms with van der Waals surface area (Å²) in [5, 5.41) is 2.34. The van der Waals surface area contributed by atoms with Crippen LogP contribution in [0.3, 0.4) is 0 Å². The maximum absolute atomic E-state index is 4.73. The van der Waals surface area contributed by atoms with Gasteiger partial charge in [-0.1, -0.05) is 112 Å². The Morgan fingerprint density at radius 2 is 1.48 bits per heavy atom. The lowest BCUT2D eigenvalue weighted by Crippen LogP contribution is -1.91. The number of rotatable bonds is 8. The van der Waals surface area contributed by atoms with Gasteiger partial charge in [-0.3, -0.25) is 4.98 Å². The molecule has 0 aliphatic carbocycles. The monoisotopic (exact) mass is 355 g/mol. The van der Waals surface area contributed by atoms with Crippen LogP contribution in [0.1, 0.15) is 63.9 Å². The molecule has 3 aromatic rings. The Hall–Kier alpha value is -2.59. The van der Waals surface area contributed by atoms with Crippen LogP contribution in [0, 0.1) is 11.8 Å². The minimum absolute atomic E-state index is 0.964. The third-order valence-electron chi connectivity index (χ3n) is 4.97. The molecule has 0 bridgehead atoms. The van der Waals surface area contributed by atoms with E-state index in [4.69, 9.17) is 4.98 Å². The Labute approximate surface area is 163 Å². The maximum atomic E-state index is 4.73. The number of hydrogen-bond acceptors (Lipinski definition) is 1. The molecule has 0 unspecified atom stereocenters. The first-order valence-electron chi connectivity index (χ1n) is 10.3. The molecule has 1 heterocycles. The van der Waals surface area contributed by atoms with Crippen LogP contribution in [-0.2, 0) is 0 Å². The van der Waals surface area contributed by atoms with Crippen LogP contribution in [0.25, 0.3) is 22.0 Å². The third-order valence-corrected chi connectivity index (χ3v) is 4.97. The smallest absolute Gasteiger partial charge is 0.0864 e. The van der Waals surface area contributed by atoms with Crippen molar-refractivity contribution in [3.63, 3.8) is 0 Å². The molecule has 1 heteroatoms. The average molecular weight is 356 g/mol.